The van der Waals surface area contributed by atoms with Gasteiger partial charge in [-0.3, -0.25) is 4.79 Å². The molecule has 8 heteroatoms. The van der Waals surface area contributed by atoms with Crippen LogP contribution in [0.2, 0.25) is 0 Å². The lowest BCUT2D eigenvalue weighted by Crippen LogP contribution is -2.08. The molecule has 0 radical (unpaired) electrons. The fourth-order valence-corrected chi connectivity index (χ4v) is 2.90. The number of rotatable bonds is 4. The van der Waals surface area contributed by atoms with E-state index in [1.807, 2.05) is 0 Å². The van der Waals surface area contributed by atoms with Crippen LogP contribution in [0.1, 0.15) is 5.69 Å². The zero-order valence-corrected chi connectivity index (χ0v) is 13.0. The van der Waals surface area contributed by atoms with Crippen molar-refractivity contribution in [2.24, 2.45) is 0 Å². The predicted octanol–water partition coefficient (Wildman–Crippen LogP) is 2.43. The maximum atomic E-state index is 10.8. The van der Waals surface area contributed by atoms with Crippen molar-refractivity contribution in [3.8, 4) is 11.4 Å². The van der Waals surface area contributed by atoms with Gasteiger partial charge in [0.05, 0.1) is 35.6 Å². The SMILES string of the molecule is COc1cc(-n2nncc2CC(=O)O)c(Br)cc1Br. The number of ether oxygens (including phenoxy) is 1. The fraction of sp³-hybridized carbons (Fsp3) is 0.182. The summed E-state index contributed by atoms with van der Waals surface area (Å²) in [5.74, 6) is -0.321. The van der Waals surface area contributed by atoms with Crippen LogP contribution in [0.3, 0.4) is 0 Å². The van der Waals surface area contributed by atoms with Crippen LogP contribution >= 0.6 is 31.9 Å². The molecule has 1 aromatic heterocycles. The number of methoxy groups -OCH3 is 1. The first-order chi connectivity index (χ1) is 9.02. The van der Waals surface area contributed by atoms with Gasteiger partial charge in [-0.15, -0.1) is 5.10 Å². The number of benzene rings is 1. The molecule has 2 aromatic rings. The topological polar surface area (TPSA) is 77.2 Å². The van der Waals surface area contributed by atoms with E-state index < -0.39 is 5.97 Å². The molecule has 1 N–H and O–H groups in total. The van der Waals surface area contributed by atoms with Crippen LogP contribution in [0.15, 0.2) is 27.3 Å². The zero-order valence-electron chi connectivity index (χ0n) is 9.80. The van der Waals surface area contributed by atoms with E-state index in [9.17, 15) is 4.79 Å². The molecule has 0 aliphatic heterocycles. The molecule has 0 fully saturated rings. The Labute approximate surface area is 125 Å². The van der Waals surface area contributed by atoms with Crippen LogP contribution in [0.5, 0.6) is 5.75 Å². The summed E-state index contributed by atoms with van der Waals surface area (Å²) in [7, 11) is 1.55. The normalized spacial score (nSPS) is 10.5. The molecule has 0 atom stereocenters. The van der Waals surface area contributed by atoms with Crippen molar-refractivity contribution in [3.05, 3.63) is 33.0 Å². The highest BCUT2D eigenvalue weighted by molar-refractivity contribution is 9.11. The summed E-state index contributed by atoms with van der Waals surface area (Å²) in [5.41, 5.74) is 1.14. The lowest BCUT2D eigenvalue weighted by Gasteiger charge is -2.10. The number of carbonyl (C=O) groups is 1. The molecular weight excluding hydrogens is 382 g/mol. The predicted molar refractivity (Wildman–Crippen MR) is 74.7 cm³/mol. The van der Waals surface area contributed by atoms with Crippen LogP contribution < -0.4 is 4.74 Å². The van der Waals surface area contributed by atoms with Gasteiger partial charge in [-0.2, -0.15) is 0 Å². The van der Waals surface area contributed by atoms with Gasteiger partial charge in [0.2, 0.25) is 0 Å². The van der Waals surface area contributed by atoms with Gasteiger partial charge in [0.1, 0.15) is 5.75 Å². The van der Waals surface area contributed by atoms with Crippen molar-refractivity contribution < 1.29 is 14.6 Å². The van der Waals surface area contributed by atoms with E-state index in [0.717, 1.165) is 8.95 Å². The first-order valence-corrected chi connectivity index (χ1v) is 6.76. The largest absolute Gasteiger partial charge is 0.495 e. The third kappa shape index (κ3) is 2.95. The van der Waals surface area contributed by atoms with Crippen LogP contribution in [-0.4, -0.2) is 33.2 Å². The number of hydrogen-bond donors (Lipinski definition) is 1. The Morgan fingerprint density at radius 2 is 2.16 bits per heavy atom. The molecule has 2 rings (SSSR count). The minimum absolute atomic E-state index is 0.155. The molecule has 0 saturated carbocycles. The van der Waals surface area contributed by atoms with Gasteiger partial charge in [-0.1, -0.05) is 5.21 Å². The highest BCUT2D eigenvalue weighted by Gasteiger charge is 2.15. The van der Waals surface area contributed by atoms with E-state index in [2.05, 4.69) is 42.2 Å². The minimum atomic E-state index is -0.941. The van der Waals surface area contributed by atoms with E-state index in [0.29, 0.717) is 17.1 Å². The average molecular weight is 391 g/mol. The van der Waals surface area contributed by atoms with Crippen molar-refractivity contribution in [3.63, 3.8) is 0 Å². The summed E-state index contributed by atoms with van der Waals surface area (Å²) in [5, 5.41) is 16.5. The Morgan fingerprint density at radius 1 is 1.42 bits per heavy atom. The van der Waals surface area contributed by atoms with Gasteiger partial charge in [0.25, 0.3) is 0 Å². The highest BCUT2D eigenvalue weighted by atomic mass is 79.9. The number of carboxylic acid groups (broad SMARTS) is 1. The highest BCUT2D eigenvalue weighted by Crippen LogP contribution is 2.33. The number of hydrogen-bond acceptors (Lipinski definition) is 4. The Bertz CT molecular complexity index is 628. The maximum Gasteiger partial charge on any atom is 0.309 e. The lowest BCUT2D eigenvalue weighted by molar-refractivity contribution is -0.136. The third-order valence-electron chi connectivity index (χ3n) is 2.40. The van der Waals surface area contributed by atoms with E-state index in [-0.39, 0.29) is 6.42 Å². The number of carboxylic acids is 1. The van der Waals surface area contributed by atoms with Crippen LogP contribution in [0.4, 0.5) is 0 Å². The van der Waals surface area contributed by atoms with E-state index >= 15 is 0 Å². The summed E-state index contributed by atoms with van der Waals surface area (Å²) < 4.78 is 8.21. The second-order valence-electron chi connectivity index (χ2n) is 3.65. The molecule has 0 amide bonds. The lowest BCUT2D eigenvalue weighted by atomic mass is 10.2. The van der Waals surface area contributed by atoms with Crippen LogP contribution in [-0.2, 0) is 11.2 Å². The van der Waals surface area contributed by atoms with E-state index in [1.165, 1.54) is 10.9 Å². The third-order valence-corrected chi connectivity index (χ3v) is 3.66. The summed E-state index contributed by atoms with van der Waals surface area (Å²) in [6.07, 6.45) is 1.27. The number of halogens is 2. The minimum Gasteiger partial charge on any atom is -0.495 e. The van der Waals surface area contributed by atoms with Crippen LogP contribution in [0.25, 0.3) is 5.69 Å². The van der Waals surface area contributed by atoms with Gasteiger partial charge in [-0.25, -0.2) is 4.68 Å². The molecule has 100 valence electrons. The summed E-state index contributed by atoms with van der Waals surface area (Å²) in [4.78, 5) is 10.8. The Morgan fingerprint density at radius 3 is 2.79 bits per heavy atom. The van der Waals surface area contributed by atoms with E-state index in [1.54, 1.807) is 19.2 Å². The second-order valence-corrected chi connectivity index (χ2v) is 5.35. The number of aliphatic carboxylic acids is 1. The summed E-state index contributed by atoms with van der Waals surface area (Å²) in [6.45, 7) is 0. The molecule has 1 aromatic carbocycles. The van der Waals surface area contributed by atoms with Gasteiger partial charge in [0, 0.05) is 10.5 Å². The summed E-state index contributed by atoms with van der Waals surface area (Å²) >= 11 is 6.78. The first-order valence-electron chi connectivity index (χ1n) is 5.17. The molecule has 1 heterocycles. The average Bonchev–Trinajstić information content (AvgIpc) is 2.76. The Balaban J connectivity index is 2.52. The van der Waals surface area contributed by atoms with Crippen molar-refractivity contribution >= 4 is 37.8 Å². The molecule has 0 aliphatic carbocycles. The number of nitrogens with zero attached hydrogens (tertiary/aromatic N) is 3. The van der Waals surface area contributed by atoms with Gasteiger partial charge >= 0.3 is 5.97 Å². The molecule has 6 nitrogen and oxygen atoms in total. The van der Waals surface area contributed by atoms with Crippen molar-refractivity contribution in [1.29, 1.82) is 0 Å². The van der Waals surface area contributed by atoms with E-state index in [4.69, 9.17) is 9.84 Å². The molecular formula is C11H9Br2N3O3. The molecule has 0 spiro atoms. The molecule has 0 unspecified atom stereocenters. The smallest absolute Gasteiger partial charge is 0.309 e. The molecule has 0 saturated heterocycles. The first kappa shape index (κ1) is 14.0. The van der Waals surface area contributed by atoms with Crippen molar-refractivity contribution in [1.82, 2.24) is 15.0 Å². The van der Waals surface area contributed by atoms with Crippen molar-refractivity contribution in [2.45, 2.75) is 6.42 Å². The van der Waals surface area contributed by atoms with Gasteiger partial charge in [0.15, 0.2) is 0 Å². The molecule has 0 bridgehead atoms. The molecule has 0 aliphatic rings. The second kappa shape index (κ2) is 5.70. The van der Waals surface area contributed by atoms with Gasteiger partial charge < -0.3 is 9.84 Å². The quantitative estimate of drug-likeness (QED) is 0.867. The maximum absolute atomic E-state index is 10.8. The fourth-order valence-electron chi connectivity index (χ4n) is 1.57. The summed E-state index contributed by atoms with van der Waals surface area (Å²) in [6, 6.07) is 3.55. The monoisotopic (exact) mass is 389 g/mol. The standard InChI is InChI=1S/C11H9Br2N3O3/c1-19-10-4-9(7(12)3-8(10)13)16-6(2-11(17)18)5-14-15-16/h3-5H,2H2,1H3,(H,17,18). The van der Waals surface area contributed by atoms with Crippen molar-refractivity contribution in [2.75, 3.05) is 7.11 Å². The number of aromatic nitrogens is 3. The van der Waals surface area contributed by atoms with Gasteiger partial charge in [-0.05, 0) is 37.9 Å². The Hall–Kier alpha value is -1.41. The Kier molecular flexibility index (Phi) is 4.20. The van der Waals surface area contributed by atoms with Crippen LogP contribution in [0, 0.1) is 0 Å². The molecule has 19 heavy (non-hydrogen) atoms. The zero-order chi connectivity index (χ0) is 14.0.